The van der Waals surface area contributed by atoms with E-state index in [1.165, 1.54) is 120 Å². The number of aryl methyl sites for hydroxylation is 3. The van der Waals surface area contributed by atoms with E-state index in [1.807, 2.05) is 0 Å². The van der Waals surface area contributed by atoms with Gasteiger partial charge in [-0.3, -0.25) is 9.97 Å². The lowest BCUT2D eigenvalue weighted by Gasteiger charge is -2.49. The normalized spacial score (nSPS) is 24.3. The van der Waals surface area contributed by atoms with E-state index in [1.54, 1.807) is 0 Å². The summed E-state index contributed by atoms with van der Waals surface area (Å²) in [6.45, 7) is 11.9. The van der Waals surface area contributed by atoms with Crippen molar-refractivity contribution in [1.29, 1.82) is 0 Å². The zero-order valence-corrected chi connectivity index (χ0v) is 37.9. The molecule has 0 amide bonds. The Morgan fingerprint density at radius 1 is 0.545 bits per heavy atom. The Kier molecular flexibility index (Phi) is 6.42. The molecule has 5 heteroatoms. The van der Waals surface area contributed by atoms with Gasteiger partial charge in [0.1, 0.15) is 22.3 Å². The summed E-state index contributed by atoms with van der Waals surface area (Å²) >= 11 is 0. The minimum atomic E-state index is 0.0206. The highest BCUT2D eigenvalue weighted by Gasteiger charge is 2.72. The Balaban J connectivity index is 1.17. The van der Waals surface area contributed by atoms with E-state index in [9.17, 15) is 0 Å². The van der Waals surface area contributed by atoms with Gasteiger partial charge >= 0.3 is 0 Å². The summed E-state index contributed by atoms with van der Waals surface area (Å²) in [6, 6.07) is 39.6. The van der Waals surface area contributed by atoms with Gasteiger partial charge in [0, 0.05) is 54.1 Å². The molecule has 4 aliphatic rings. The SMILES string of the molecule is Cc1cccc(C)c1-c1ncc2c(c1C)c1c(-c3cccc4oc5ccccc5c34)cc(-c3cccc4oc5ccccc5c34)c3c4c5c(ncc4n2c13)C1(C)CC2CC3CC5(C)CC23C1. The van der Waals surface area contributed by atoms with Crippen LogP contribution >= 0.6 is 0 Å². The quantitative estimate of drug-likeness (QED) is 0.178. The molecule has 3 saturated carbocycles. The second-order valence-corrected chi connectivity index (χ2v) is 21.7. The Morgan fingerprint density at radius 3 is 1.76 bits per heavy atom. The smallest absolute Gasteiger partial charge is 0.136 e. The molecule has 3 bridgehead atoms. The summed E-state index contributed by atoms with van der Waals surface area (Å²) in [5, 5.41) is 9.79. The van der Waals surface area contributed by atoms with E-state index in [0.717, 1.165) is 66.9 Å². The molecule has 6 aromatic heterocycles. The molecule has 0 saturated heterocycles. The van der Waals surface area contributed by atoms with E-state index in [0.29, 0.717) is 5.41 Å². The van der Waals surface area contributed by atoms with Crippen LogP contribution in [0.1, 0.15) is 73.9 Å². The van der Waals surface area contributed by atoms with Gasteiger partial charge in [0.05, 0.1) is 40.3 Å². The molecule has 4 aliphatic carbocycles. The summed E-state index contributed by atoms with van der Waals surface area (Å²) in [6.07, 6.45) is 10.9. The molecule has 6 heterocycles. The first-order valence-corrected chi connectivity index (χ1v) is 24.1. The summed E-state index contributed by atoms with van der Waals surface area (Å²) < 4.78 is 16.0. The fourth-order valence-electron chi connectivity index (χ4n) is 15.9. The summed E-state index contributed by atoms with van der Waals surface area (Å²) in [4.78, 5) is 11.2. The third kappa shape index (κ3) is 4.10. The lowest BCUT2D eigenvalue weighted by molar-refractivity contribution is 0.00219. The Labute approximate surface area is 381 Å². The van der Waals surface area contributed by atoms with Crippen LogP contribution in [0.25, 0.3) is 115 Å². The van der Waals surface area contributed by atoms with Crippen molar-refractivity contribution in [2.45, 2.75) is 77.6 Å². The second kappa shape index (κ2) is 11.7. The second-order valence-electron chi connectivity index (χ2n) is 21.7. The van der Waals surface area contributed by atoms with Crippen LogP contribution in [0.15, 0.2) is 130 Å². The first-order chi connectivity index (χ1) is 32.1. The zero-order chi connectivity index (χ0) is 43.7. The van der Waals surface area contributed by atoms with Crippen LogP contribution in [0.3, 0.4) is 0 Å². The van der Waals surface area contributed by atoms with Gasteiger partial charge in [-0.2, -0.15) is 0 Å². The highest BCUT2D eigenvalue weighted by Crippen LogP contribution is 2.79. The number of hydrogen-bond donors (Lipinski definition) is 0. The van der Waals surface area contributed by atoms with Crippen LogP contribution in [0.2, 0.25) is 0 Å². The molecule has 66 heavy (non-hydrogen) atoms. The van der Waals surface area contributed by atoms with Crippen LogP contribution in [-0.4, -0.2) is 14.4 Å². The molecule has 0 aliphatic heterocycles. The maximum Gasteiger partial charge on any atom is 0.136 e. The summed E-state index contributed by atoms with van der Waals surface area (Å²) in [7, 11) is 0. The first kappa shape index (κ1) is 36.3. The first-order valence-electron chi connectivity index (χ1n) is 24.1. The largest absolute Gasteiger partial charge is 0.456 e. The van der Waals surface area contributed by atoms with Crippen molar-refractivity contribution in [1.82, 2.24) is 14.4 Å². The molecule has 0 N–H and O–H groups in total. The Hall–Kier alpha value is -6.98. The highest BCUT2D eigenvalue weighted by atomic mass is 16.3. The van der Waals surface area contributed by atoms with Crippen molar-refractivity contribution < 1.29 is 8.83 Å². The number of benzene rings is 6. The van der Waals surface area contributed by atoms with Crippen molar-refractivity contribution in [2.75, 3.05) is 0 Å². The molecule has 5 atom stereocenters. The van der Waals surface area contributed by atoms with E-state index in [-0.39, 0.29) is 10.8 Å². The van der Waals surface area contributed by atoms with Gasteiger partial charge < -0.3 is 13.2 Å². The van der Waals surface area contributed by atoms with E-state index >= 15 is 0 Å². The van der Waals surface area contributed by atoms with Gasteiger partial charge in [-0.05, 0) is 150 Å². The van der Waals surface area contributed by atoms with Gasteiger partial charge in [0.15, 0.2) is 0 Å². The number of pyridine rings is 2. The van der Waals surface area contributed by atoms with E-state index in [4.69, 9.17) is 18.8 Å². The van der Waals surface area contributed by atoms with Crippen molar-refractivity contribution in [3.63, 3.8) is 0 Å². The summed E-state index contributed by atoms with van der Waals surface area (Å²) in [5.74, 6) is 1.62. The van der Waals surface area contributed by atoms with Crippen LogP contribution in [0.4, 0.5) is 0 Å². The minimum Gasteiger partial charge on any atom is -0.456 e. The highest BCUT2D eigenvalue weighted by molar-refractivity contribution is 6.34. The summed E-state index contributed by atoms with van der Waals surface area (Å²) in [5.41, 5.74) is 21.3. The van der Waals surface area contributed by atoms with Crippen molar-refractivity contribution >= 4 is 82.0 Å². The number of para-hydroxylation sites is 2. The van der Waals surface area contributed by atoms with E-state index in [2.05, 4.69) is 161 Å². The average Bonchev–Trinajstić information content (AvgIpc) is 4.14. The number of fused-ring (bicyclic) bond motifs is 18. The van der Waals surface area contributed by atoms with Gasteiger partial charge in [-0.15, -0.1) is 0 Å². The predicted molar refractivity (Wildman–Crippen MR) is 269 cm³/mol. The van der Waals surface area contributed by atoms with Gasteiger partial charge in [-0.25, -0.2) is 0 Å². The molecular weight excluding hydrogens is 807 g/mol. The number of aromatic nitrogens is 3. The fraction of sp³-hybridized carbons (Fsp3) is 0.246. The molecule has 5 unspecified atom stereocenters. The Morgan fingerprint density at radius 2 is 1.09 bits per heavy atom. The third-order valence-corrected chi connectivity index (χ3v) is 18.2. The monoisotopic (exact) mass is 853 g/mol. The number of hydrogen-bond acceptors (Lipinski definition) is 4. The lowest BCUT2D eigenvalue weighted by atomic mass is 9.56. The van der Waals surface area contributed by atoms with Gasteiger partial charge in [-0.1, -0.05) is 92.7 Å². The molecule has 5 nitrogen and oxygen atoms in total. The molecule has 318 valence electrons. The predicted octanol–water partition coefficient (Wildman–Crippen LogP) is 16.1. The molecule has 16 rings (SSSR count). The van der Waals surface area contributed by atoms with Crippen molar-refractivity contribution in [3.05, 3.63) is 150 Å². The zero-order valence-electron chi connectivity index (χ0n) is 37.9. The lowest BCUT2D eigenvalue weighted by Crippen LogP contribution is -2.41. The van der Waals surface area contributed by atoms with Gasteiger partial charge in [0.2, 0.25) is 0 Å². The Bertz CT molecular complexity index is 4180. The number of rotatable bonds is 3. The fourth-order valence-corrected chi connectivity index (χ4v) is 15.9. The molecule has 0 radical (unpaired) electrons. The molecule has 6 aromatic carbocycles. The standard InChI is InChI=1S/C61H47N3O2/c1-31-13-10-14-32(2)48(31)56-33(3)49-42(27-62-56)64-43-28-63-58-55(59(4)25-34-23-35-26-60(58,5)30-61(34,35)29-59)54(43)53-41(37-18-12-22-47-51(37)39-16-7-9-20-45(39)66-47)24-40(52(49)57(53)64)36-17-11-21-46-50(36)38-15-6-8-19-44(38)65-46/h6-22,24,27-28,34-35H,23,25-26,29-30H2,1-5H3. The maximum absolute atomic E-state index is 6.70. The molecular formula is C61H47N3O2. The van der Waals surface area contributed by atoms with Crippen molar-refractivity contribution in [2.24, 2.45) is 17.3 Å². The topological polar surface area (TPSA) is 56.5 Å². The van der Waals surface area contributed by atoms with Crippen LogP contribution in [-0.2, 0) is 10.8 Å². The van der Waals surface area contributed by atoms with Gasteiger partial charge in [0.25, 0.3) is 0 Å². The third-order valence-electron chi connectivity index (χ3n) is 18.2. The number of nitrogens with zero attached hydrogens (tertiary/aromatic N) is 3. The van der Waals surface area contributed by atoms with Crippen LogP contribution in [0, 0.1) is 38.0 Å². The molecule has 3 fully saturated rings. The average molecular weight is 854 g/mol. The van der Waals surface area contributed by atoms with E-state index < -0.39 is 0 Å². The number of furan rings is 2. The molecule has 1 spiro atoms. The van der Waals surface area contributed by atoms with Crippen molar-refractivity contribution in [3.8, 4) is 33.5 Å². The van der Waals surface area contributed by atoms with Crippen LogP contribution < -0.4 is 0 Å². The molecule has 12 aromatic rings. The minimum absolute atomic E-state index is 0.0206. The van der Waals surface area contributed by atoms with Crippen LogP contribution in [0.5, 0.6) is 0 Å². The maximum atomic E-state index is 6.70.